The van der Waals surface area contributed by atoms with Gasteiger partial charge in [0.05, 0.1) is 11.4 Å². The first-order chi connectivity index (χ1) is 12.3. The van der Waals surface area contributed by atoms with Crippen LogP contribution in [0.5, 0.6) is 0 Å². The van der Waals surface area contributed by atoms with Crippen LogP contribution in [0.4, 0.5) is 22.7 Å². The molecule has 0 amide bonds. The number of fused-ring (bicyclic) bond motifs is 1. The summed E-state index contributed by atoms with van der Waals surface area (Å²) in [5.41, 5.74) is 5.59. The molecule has 122 valence electrons. The zero-order valence-corrected chi connectivity index (χ0v) is 14.2. The van der Waals surface area contributed by atoms with Gasteiger partial charge in [0.15, 0.2) is 0 Å². The van der Waals surface area contributed by atoms with E-state index in [1.807, 2.05) is 24.3 Å². The molecule has 0 aliphatic heterocycles. The second kappa shape index (κ2) is 6.70. The van der Waals surface area contributed by atoms with Crippen molar-refractivity contribution in [2.24, 2.45) is 0 Å². The summed E-state index contributed by atoms with van der Waals surface area (Å²) in [6, 6.07) is 31.3. The molecule has 2 N–H and O–H groups in total. The SMILES string of the molecule is Cc1ccc(Nc2ccccc2Nc2ccccc2)c2ccccc12. The highest BCUT2D eigenvalue weighted by Crippen LogP contribution is 2.32. The van der Waals surface area contributed by atoms with Crippen LogP contribution in [0.25, 0.3) is 10.8 Å². The Balaban J connectivity index is 1.72. The van der Waals surface area contributed by atoms with E-state index in [4.69, 9.17) is 0 Å². The third-order valence-corrected chi connectivity index (χ3v) is 4.39. The van der Waals surface area contributed by atoms with Gasteiger partial charge in [-0.1, -0.05) is 60.7 Å². The fourth-order valence-electron chi connectivity index (χ4n) is 3.08. The zero-order valence-electron chi connectivity index (χ0n) is 14.2. The molecule has 0 bridgehead atoms. The zero-order chi connectivity index (χ0) is 17.1. The van der Waals surface area contributed by atoms with Crippen LogP contribution in [0.1, 0.15) is 5.56 Å². The van der Waals surface area contributed by atoms with E-state index in [-0.39, 0.29) is 0 Å². The predicted octanol–water partition coefficient (Wildman–Crippen LogP) is 6.64. The normalized spacial score (nSPS) is 10.6. The molecule has 0 saturated heterocycles. The van der Waals surface area contributed by atoms with Crippen LogP contribution in [0.15, 0.2) is 91.0 Å². The number of hydrogen-bond donors (Lipinski definition) is 2. The van der Waals surface area contributed by atoms with E-state index >= 15 is 0 Å². The lowest BCUT2D eigenvalue weighted by molar-refractivity contribution is 1.49. The molecule has 0 atom stereocenters. The summed E-state index contributed by atoms with van der Waals surface area (Å²) in [6.45, 7) is 2.15. The standard InChI is InChI=1S/C23H20N2/c1-17-15-16-21(20-12-6-5-11-19(17)20)25-23-14-8-7-13-22(23)24-18-9-3-2-4-10-18/h2-16,24-25H,1H3. The van der Waals surface area contributed by atoms with E-state index in [0.29, 0.717) is 0 Å². The second-order valence-corrected chi connectivity index (χ2v) is 6.14. The van der Waals surface area contributed by atoms with Gasteiger partial charge in [-0.25, -0.2) is 0 Å². The minimum absolute atomic E-state index is 1.05. The molecule has 0 unspecified atom stereocenters. The van der Waals surface area contributed by atoms with Crippen molar-refractivity contribution in [2.75, 3.05) is 10.6 Å². The van der Waals surface area contributed by atoms with Gasteiger partial charge in [0.25, 0.3) is 0 Å². The minimum atomic E-state index is 1.05. The molecule has 0 spiro atoms. The van der Waals surface area contributed by atoms with Crippen LogP contribution < -0.4 is 10.6 Å². The third-order valence-electron chi connectivity index (χ3n) is 4.39. The molecule has 4 aromatic carbocycles. The lowest BCUT2D eigenvalue weighted by atomic mass is 10.0. The van der Waals surface area contributed by atoms with E-state index in [0.717, 1.165) is 22.7 Å². The van der Waals surface area contributed by atoms with E-state index in [1.54, 1.807) is 0 Å². The van der Waals surface area contributed by atoms with Crippen LogP contribution in [0, 0.1) is 6.92 Å². The lowest BCUT2D eigenvalue weighted by Gasteiger charge is -2.16. The molecular formula is C23H20N2. The monoisotopic (exact) mass is 324 g/mol. The average Bonchev–Trinajstić information content (AvgIpc) is 2.67. The molecule has 0 saturated carbocycles. The predicted molar refractivity (Wildman–Crippen MR) is 108 cm³/mol. The average molecular weight is 324 g/mol. The first-order valence-corrected chi connectivity index (χ1v) is 8.48. The Bertz CT molecular complexity index is 1010. The number of rotatable bonds is 4. The van der Waals surface area contributed by atoms with Crippen molar-refractivity contribution in [3.8, 4) is 0 Å². The molecule has 0 aliphatic rings. The van der Waals surface area contributed by atoms with Gasteiger partial charge >= 0.3 is 0 Å². The molecular weight excluding hydrogens is 304 g/mol. The molecule has 0 radical (unpaired) electrons. The highest BCUT2D eigenvalue weighted by Gasteiger charge is 2.06. The second-order valence-electron chi connectivity index (χ2n) is 6.14. The van der Waals surface area contributed by atoms with Gasteiger partial charge in [-0.15, -0.1) is 0 Å². The smallest absolute Gasteiger partial charge is 0.0623 e. The van der Waals surface area contributed by atoms with Gasteiger partial charge < -0.3 is 10.6 Å². The van der Waals surface area contributed by atoms with Crippen molar-refractivity contribution in [1.82, 2.24) is 0 Å². The summed E-state index contributed by atoms with van der Waals surface area (Å²) in [5.74, 6) is 0. The first-order valence-electron chi connectivity index (χ1n) is 8.48. The molecule has 0 aromatic heterocycles. The van der Waals surface area contributed by atoms with Gasteiger partial charge in [0, 0.05) is 16.8 Å². The Kier molecular flexibility index (Phi) is 4.09. The largest absolute Gasteiger partial charge is 0.354 e. The summed E-state index contributed by atoms with van der Waals surface area (Å²) < 4.78 is 0. The van der Waals surface area contributed by atoms with E-state index in [9.17, 15) is 0 Å². The summed E-state index contributed by atoms with van der Waals surface area (Å²) in [5, 5.41) is 9.60. The van der Waals surface area contributed by atoms with Crippen molar-refractivity contribution in [1.29, 1.82) is 0 Å². The summed E-state index contributed by atoms with van der Waals surface area (Å²) in [7, 11) is 0. The summed E-state index contributed by atoms with van der Waals surface area (Å²) in [4.78, 5) is 0. The van der Waals surface area contributed by atoms with Crippen molar-refractivity contribution in [2.45, 2.75) is 6.92 Å². The van der Waals surface area contributed by atoms with Crippen LogP contribution in [-0.4, -0.2) is 0 Å². The van der Waals surface area contributed by atoms with Crippen molar-refractivity contribution < 1.29 is 0 Å². The van der Waals surface area contributed by atoms with Crippen molar-refractivity contribution >= 4 is 33.5 Å². The van der Waals surface area contributed by atoms with Gasteiger partial charge in [-0.05, 0) is 48.2 Å². The minimum Gasteiger partial charge on any atom is -0.354 e. The number of aryl methyl sites for hydroxylation is 1. The van der Waals surface area contributed by atoms with E-state index < -0.39 is 0 Å². The molecule has 2 heteroatoms. The number of hydrogen-bond acceptors (Lipinski definition) is 2. The summed E-state index contributed by atoms with van der Waals surface area (Å²) >= 11 is 0. The van der Waals surface area contributed by atoms with Crippen molar-refractivity contribution in [3.63, 3.8) is 0 Å². The lowest BCUT2D eigenvalue weighted by Crippen LogP contribution is -1.98. The molecule has 0 heterocycles. The molecule has 0 fully saturated rings. The van der Waals surface area contributed by atoms with Crippen LogP contribution >= 0.6 is 0 Å². The van der Waals surface area contributed by atoms with Gasteiger partial charge in [0.2, 0.25) is 0 Å². The Morgan fingerprint density at radius 1 is 0.480 bits per heavy atom. The van der Waals surface area contributed by atoms with E-state index in [2.05, 4.69) is 84.3 Å². The highest BCUT2D eigenvalue weighted by atomic mass is 15.0. The van der Waals surface area contributed by atoms with Crippen molar-refractivity contribution in [3.05, 3.63) is 96.6 Å². The van der Waals surface area contributed by atoms with Crippen LogP contribution in [0.2, 0.25) is 0 Å². The van der Waals surface area contributed by atoms with Gasteiger partial charge in [-0.2, -0.15) is 0 Å². The first kappa shape index (κ1) is 15.3. The van der Waals surface area contributed by atoms with E-state index in [1.165, 1.54) is 16.3 Å². The Morgan fingerprint density at radius 2 is 1.08 bits per heavy atom. The maximum atomic E-state index is 3.60. The molecule has 4 aromatic rings. The topological polar surface area (TPSA) is 24.1 Å². The Morgan fingerprint density at radius 3 is 1.84 bits per heavy atom. The number of nitrogens with one attached hydrogen (secondary N) is 2. The van der Waals surface area contributed by atoms with Crippen LogP contribution in [-0.2, 0) is 0 Å². The molecule has 4 rings (SSSR count). The fraction of sp³-hybridized carbons (Fsp3) is 0.0435. The number of benzene rings is 4. The fourth-order valence-corrected chi connectivity index (χ4v) is 3.08. The maximum Gasteiger partial charge on any atom is 0.0623 e. The van der Waals surface area contributed by atoms with Gasteiger partial charge in [0.1, 0.15) is 0 Å². The Labute approximate surface area is 148 Å². The quantitative estimate of drug-likeness (QED) is 0.440. The molecule has 0 aliphatic carbocycles. The highest BCUT2D eigenvalue weighted by molar-refractivity contribution is 5.98. The van der Waals surface area contributed by atoms with Gasteiger partial charge in [-0.3, -0.25) is 0 Å². The Hall–Kier alpha value is -3.26. The maximum absolute atomic E-state index is 3.60. The summed E-state index contributed by atoms with van der Waals surface area (Å²) in [6.07, 6.45) is 0. The van der Waals surface area contributed by atoms with Crippen LogP contribution in [0.3, 0.4) is 0 Å². The number of para-hydroxylation sites is 3. The third kappa shape index (κ3) is 3.20. The molecule has 25 heavy (non-hydrogen) atoms. The molecule has 2 nitrogen and oxygen atoms in total. The number of anilines is 4.